The van der Waals surface area contributed by atoms with Crippen LogP contribution in [0.25, 0.3) is 0 Å². The van der Waals surface area contributed by atoms with E-state index in [1.54, 1.807) is 13.0 Å². The van der Waals surface area contributed by atoms with Gasteiger partial charge in [-0.05, 0) is 50.7 Å². The van der Waals surface area contributed by atoms with Crippen molar-refractivity contribution in [1.82, 2.24) is 0 Å². The smallest absolute Gasteiger partial charge is 0.153 e. The maximum Gasteiger partial charge on any atom is 0.153 e. The molecule has 178 valence electrons. The molecule has 4 unspecified atom stereocenters. The summed E-state index contributed by atoms with van der Waals surface area (Å²) in [6.45, 7) is 7.43. The van der Waals surface area contributed by atoms with Gasteiger partial charge in [-0.25, -0.2) is 8.78 Å². The van der Waals surface area contributed by atoms with Crippen molar-refractivity contribution in [3.05, 3.63) is 41.7 Å². The summed E-state index contributed by atoms with van der Waals surface area (Å²) in [5.74, 6) is -1.64. The Hall–Kier alpha value is -2.13. The van der Waals surface area contributed by atoms with Gasteiger partial charge in [-0.1, -0.05) is 19.0 Å². The predicted molar refractivity (Wildman–Crippen MR) is 121 cm³/mol. The molecule has 0 saturated heterocycles. The molecule has 32 heavy (non-hydrogen) atoms. The summed E-state index contributed by atoms with van der Waals surface area (Å²) in [5.41, 5.74) is 0.414. The van der Waals surface area contributed by atoms with Crippen LogP contribution in [0.5, 0.6) is 5.75 Å². The van der Waals surface area contributed by atoms with Crippen molar-refractivity contribution in [1.29, 1.82) is 0 Å². The summed E-state index contributed by atoms with van der Waals surface area (Å²) in [7, 11) is 0. The average molecular weight is 472 g/mol. The fourth-order valence-corrected chi connectivity index (χ4v) is 3.95. The van der Waals surface area contributed by atoms with Crippen molar-refractivity contribution in [2.75, 3.05) is 12.4 Å². The first kappa shape index (κ1) is 26.1. The van der Waals surface area contributed by atoms with Crippen molar-refractivity contribution < 1.29 is 32.4 Å². The van der Waals surface area contributed by atoms with E-state index in [1.807, 2.05) is 20.8 Å². The van der Waals surface area contributed by atoms with Crippen molar-refractivity contribution in [3.63, 3.8) is 0 Å². The molecule has 1 N–H and O–H groups in total. The Kier molecular flexibility index (Phi) is 10.4. The van der Waals surface area contributed by atoms with Gasteiger partial charge < -0.3 is 18.9 Å². The van der Waals surface area contributed by atoms with E-state index in [9.17, 15) is 18.7 Å². The lowest BCUT2D eigenvalue weighted by Gasteiger charge is -2.26. The summed E-state index contributed by atoms with van der Waals surface area (Å²) >= 11 is 1.38. The number of Topliss-reactive ketones (excluding diaryl/α,β-unsaturated/α-hetero) is 1. The molecule has 6 nitrogen and oxygen atoms in total. The number of benzene rings is 1. The zero-order chi connectivity index (χ0) is 23.7. The Morgan fingerprint density at radius 2 is 1.91 bits per heavy atom. The van der Waals surface area contributed by atoms with Crippen molar-refractivity contribution in [3.8, 4) is 5.75 Å². The molecule has 0 radical (unpaired) electrons. The highest BCUT2D eigenvalue weighted by Gasteiger charge is 2.34. The lowest BCUT2D eigenvalue weighted by atomic mass is 9.80. The van der Waals surface area contributed by atoms with E-state index in [4.69, 9.17) is 13.8 Å². The van der Waals surface area contributed by atoms with Gasteiger partial charge in [0, 0.05) is 30.4 Å². The van der Waals surface area contributed by atoms with Gasteiger partial charge in [-0.15, -0.1) is 0 Å². The number of oxime groups is 1. The summed E-state index contributed by atoms with van der Waals surface area (Å²) in [5, 5.41) is 14.6. The van der Waals surface area contributed by atoms with Gasteiger partial charge >= 0.3 is 0 Å². The van der Waals surface area contributed by atoms with E-state index in [0.717, 1.165) is 24.0 Å². The van der Waals surface area contributed by atoms with Gasteiger partial charge in [0.2, 0.25) is 0 Å². The lowest BCUT2D eigenvalue weighted by Crippen LogP contribution is -2.32. The SMILES string of the molecule is CCSOC(C)CC1C=C(O)C(C(CC)=NOCC(C)Oc2cc(F)cc(F)c2)C(=O)C1. The van der Waals surface area contributed by atoms with Crippen molar-refractivity contribution in [2.24, 2.45) is 17.0 Å². The van der Waals surface area contributed by atoms with Gasteiger partial charge in [-0.3, -0.25) is 4.79 Å². The van der Waals surface area contributed by atoms with Crippen LogP contribution in [0.3, 0.4) is 0 Å². The molecular weight excluding hydrogens is 440 g/mol. The molecule has 0 saturated carbocycles. The molecule has 9 heteroatoms. The summed E-state index contributed by atoms with van der Waals surface area (Å²) in [6, 6.07) is 2.91. The number of carbonyl (C=O) groups is 1. The van der Waals surface area contributed by atoms with Crippen LogP contribution in [-0.4, -0.2) is 41.2 Å². The molecule has 0 heterocycles. The molecule has 1 aliphatic carbocycles. The first-order valence-electron chi connectivity index (χ1n) is 10.8. The van der Waals surface area contributed by atoms with Crippen LogP contribution in [0.1, 0.15) is 47.0 Å². The van der Waals surface area contributed by atoms with Crippen LogP contribution in [-0.2, 0) is 13.8 Å². The standard InChI is InChI=1S/C23H31F2NO5S/c1-5-20(26-29-13-15(4)30-19-11-17(24)10-18(25)12-19)23-21(27)8-16(9-22(23)28)7-14(3)31-32-6-2/h8,10-12,14-16,23,27H,5-7,9,13H2,1-4H3. The van der Waals surface area contributed by atoms with E-state index < -0.39 is 23.7 Å². The minimum Gasteiger partial charge on any atom is -0.511 e. The number of nitrogens with zero attached hydrogens (tertiary/aromatic N) is 1. The fourth-order valence-electron chi connectivity index (χ4n) is 3.51. The zero-order valence-corrected chi connectivity index (χ0v) is 19.7. The first-order chi connectivity index (χ1) is 15.2. The topological polar surface area (TPSA) is 77.3 Å². The highest BCUT2D eigenvalue weighted by Crippen LogP contribution is 2.30. The molecule has 0 aliphatic heterocycles. The Morgan fingerprint density at radius 1 is 1.22 bits per heavy atom. The third-order valence-corrected chi connectivity index (χ3v) is 5.53. The number of halogens is 2. The number of aliphatic hydroxyl groups excluding tert-OH is 1. The second kappa shape index (κ2) is 12.8. The highest BCUT2D eigenvalue weighted by atomic mass is 32.2. The van der Waals surface area contributed by atoms with Gasteiger partial charge in [0.1, 0.15) is 40.9 Å². The van der Waals surface area contributed by atoms with Crippen LogP contribution in [0, 0.1) is 23.5 Å². The Bertz CT molecular complexity index is 812. The van der Waals surface area contributed by atoms with Crippen molar-refractivity contribution in [2.45, 2.75) is 59.2 Å². The number of rotatable bonds is 12. The number of hydrogen-bond donors (Lipinski definition) is 1. The summed E-state index contributed by atoms with van der Waals surface area (Å²) in [6.07, 6.45) is 2.47. The van der Waals surface area contributed by atoms with Gasteiger partial charge in [0.25, 0.3) is 0 Å². The molecule has 0 fully saturated rings. The normalized spacial score (nSPS) is 21.1. The fraction of sp³-hybridized carbons (Fsp3) is 0.565. The van der Waals surface area contributed by atoms with Crippen LogP contribution < -0.4 is 4.74 Å². The summed E-state index contributed by atoms with van der Waals surface area (Å²) < 4.78 is 37.6. The predicted octanol–water partition coefficient (Wildman–Crippen LogP) is 5.63. The molecule has 0 spiro atoms. The minimum atomic E-state index is -0.828. The number of allylic oxidation sites excluding steroid dienone is 2. The van der Waals surface area contributed by atoms with Gasteiger partial charge in [0.05, 0.1) is 11.8 Å². The number of aliphatic hydroxyl groups is 1. The summed E-state index contributed by atoms with van der Waals surface area (Å²) in [4.78, 5) is 18.1. The second-order valence-electron chi connectivity index (χ2n) is 7.77. The van der Waals surface area contributed by atoms with Gasteiger partial charge in [-0.2, -0.15) is 0 Å². The first-order valence-corrected chi connectivity index (χ1v) is 11.7. The molecule has 2 rings (SSSR count). The molecule has 0 amide bonds. The third kappa shape index (κ3) is 8.09. The number of carbonyl (C=O) groups excluding carboxylic acids is 1. The maximum atomic E-state index is 13.3. The number of ether oxygens (including phenoxy) is 1. The van der Waals surface area contributed by atoms with Gasteiger partial charge in [0.15, 0.2) is 6.61 Å². The van der Waals surface area contributed by atoms with Crippen LogP contribution in [0.15, 0.2) is 35.2 Å². The highest BCUT2D eigenvalue weighted by molar-refractivity contribution is 7.94. The molecule has 4 atom stereocenters. The maximum absolute atomic E-state index is 13.3. The Morgan fingerprint density at radius 3 is 2.50 bits per heavy atom. The van der Waals surface area contributed by atoms with E-state index in [0.29, 0.717) is 25.0 Å². The number of hydrogen-bond acceptors (Lipinski definition) is 7. The molecule has 1 aromatic rings. The Labute approximate surface area is 192 Å². The van der Waals surface area contributed by atoms with E-state index in [-0.39, 0.29) is 35.9 Å². The monoisotopic (exact) mass is 471 g/mol. The second-order valence-corrected chi connectivity index (χ2v) is 8.78. The minimum absolute atomic E-state index is 0.000404. The van der Waals surface area contributed by atoms with E-state index >= 15 is 0 Å². The van der Waals surface area contributed by atoms with Crippen LogP contribution in [0.2, 0.25) is 0 Å². The van der Waals surface area contributed by atoms with Crippen LogP contribution in [0.4, 0.5) is 8.78 Å². The molecule has 1 aliphatic rings. The van der Waals surface area contributed by atoms with Crippen molar-refractivity contribution >= 4 is 23.5 Å². The van der Waals surface area contributed by atoms with E-state index in [2.05, 4.69) is 5.16 Å². The third-order valence-electron chi connectivity index (χ3n) is 4.83. The van der Waals surface area contributed by atoms with Crippen LogP contribution >= 0.6 is 12.0 Å². The number of ketones is 1. The quantitative estimate of drug-likeness (QED) is 0.242. The largest absolute Gasteiger partial charge is 0.511 e. The lowest BCUT2D eigenvalue weighted by molar-refractivity contribution is -0.122. The Balaban J connectivity index is 1.95. The average Bonchev–Trinajstić information content (AvgIpc) is 2.69. The molecule has 0 bridgehead atoms. The van der Waals surface area contributed by atoms with E-state index in [1.165, 1.54) is 12.0 Å². The molecule has 1 aromatic carbocycles. The molecule has 0 aromatic heterocycles. The molecular formula is C23H31F2NO5S. The zero-order valence-electron chi connectivity index (χ0n) is 18.8.